The summed E-state index contributed by atoms with van der Waals surface area (Å²) in [6.45, 7) is 2.52. The Balaban J connectivity index is 1.79. The van der Waals surface area contributed by atoms with E-state index in [0.717, 1.165) is 12.8 Å². The van der Waals surface area contributed by atoms with Gasteiger partial charge in [0.15, 0.2) is 5.75 Å². The van der Waals surface area contributed by atoms with Crippen molar-refractivity contribution in [3.63, 3.8) is 0 Å². The molecule has 0 fully saturated rings. The first kappa shape index (κ1) is 18.4. The molecule has 0 saturated heterocycles. The summed E-state index contributed by atoms with van der Waals surface area (Å²) in [4.78, 5) is 24.5. The molecule has 2 aromatic carbocycles. The molecule has 138 valence electrons. The van der Waals surface area contributed by atoms with Gasteiger partial charge in [-0.2, -0.15) is 5.10 Å². The summed E-state index contributed by atoms with van der Waals surface area (Å²) in [5.74, 6) is 0.797. The molecule has 0 saturated carbocycles. The van der Waals surface area contributed by atoms with Crippen LogP contribution in [0.5, 0.6) is 11.5 Å². The van der Waals surface area contributed by atoms with E-state index in [1.54, 1.807) is 12.1 Å². The minimum atomic E-state index is -0.399. The second-order valence-electron chi connectivity index (χ2n) is 6.00. The van der Waals surface area contributed by atoms with Crippen LogP contribution in [0.4, 0.5) is 5.69 Å². The zero-order chi connectivity index (χ0) is 19.1. The lowest BCUT2D eigenvalue weighted by atomic mass is 10.2. The van der Waals surface area contributed by atoms with Crippen molar-refractivity contribution >= 4 is 11.6 Å². The first-order valence-electron chi connectivity index (χ1n) is 8.89. The van der Waals surface area contributed by atoms with E-state index < -0.39 is 5.91 Å². The zero-order valence-electron chi connectivity index (χ0n) is 15.1. The smallest absolute Gasteiger partial charge is 0.276 e. The van der Waals surface area contributed by atoms with Crippen molar-refractivity contribution in [3.8, 4) is 11.5 Å². The van der Waals surface area contributed by atoms with Gasteiger partial charge >= 0.3 is 0 Å². The minimum absolute atomic E-state index is 0.181. The fourth-order valence-electron chi connectivity index (χ4n) is 2.50. The number of para-hydroxylation sites is 3. The van der Waals surface area contributed by atoms with Gasteiger partial charge in [-0.25, -0.2) is 4.68 Å². The highest BCUT2D eigenvalue weighted by atomic mass is 16.5. The van der Waals surface area contributed by atoms with Gasteiger partial charge in [0.25, 0.3) is 11.5 Å². The summed E-state index contributed by atoms with van der Waals surface area (Å²) in [5.41, 5.74) is 0.493. The molecule has 3 rings (SSSR count). The second kappa shape index (κ2) is 8.80. The van der Waals surface area contributed by atoms with Crippen LogP contribution < -0.4 is 15.6 Å². The number of hydrogen-bond acceptors (Lipinski definition) is 4. The molecule has 1 amide bonds. The fourth-order valence-corrected chi connectivity index (χ4v) is 2.50. The van der Waals surface area contributed by atoms with Crippen LogP contribution in [0.2, 0.25) is 0 Å². The molecule has 0 atom stereocenters. The lowest BCUT2D eigenvalue weighted by Gasteiger charge is -2.12. The molecule has 0 bridgehead atoms. The van der Waals surface area contributed by atoms with Crippen molar-refractivity contribution in [3.05, 3.63) is 82.8 Å². The number of aromatic nitrogens is 2. The van der Waals surface area contributed by atoms with E-state index in [0.29, 0.717) is 23.7 Å². The van der Waals surface area contributed by atoms with Crippen LogP contribution in [0.15, 0.2) is 71.5 Å². The standard InChI is InChI=1S/C21H21N3O3/c1-2-3-15-24-20(25)14-13-18(23-24)21(26)22-17-11-7-8-12-19(17)27-16-9-5-4-6-10-16/h4-14H,2-3,15H2,1H3,(H,22,26). The Morgan fingerprint density at radius 1 is 1.04 bits per heavy atom. The van der Waals surface area contributed by atoms with Crippen LogP contribution in [0, 0.1) is 0 Å². The molecule has 1 heterocycles. The summed E-state index contributed by atoms with van der Waals surface area (Å²) in [5, 5.41) is 6.98. The van der Waals surface area contributed by atoms with Crippen molar-refractivity contribution in [1.82, 2.24) is 9.78 Å². The maximum Gasteiger partial charge on any atom is 0.276 e. The van der Waals surface area contributed by atoms with Crippen LogP contribution in [-0.4, -0.2) is 15.7 Å². The van der Waals surface area contributed by atoms with Crippen LogP contribution in [-0.2, 0) is 6.54 Å². The molecular weight excluding hydrogens is 342 g/mol. The van der Waals surface area contributed by atoms with Crippen molar-refractivity contribution < 1.29 is 9.53 Å². The lowest BCUT2D eigenvalue weighted by molar-refractivity contribution is 0.101. The highest BCUT2D eigenvalue weighted by molar-refractivity contribution is 6.03. The van der Waals surface area contributed by atoms with E-state index in [-0.39, 0.29) is 11.3 Å². The molecule has 3 aromatic rings. The number of nitrogens with zero attached hydrogens (tertiary/aromatic N) is 2. The van der Waals surface area contributed by atoms with Gasteiger partial charge < -0.3 is 10.1 Å². The first-order valence-corrected chi connectivity index (χ1v) is 8.89. The average Bonchev–Trinajstić information content (AvgIpc) is 2.69. The summed E-state index contributed by atoms with van der Waals surface area (Å²) in [6.07, 6.45) is 1.76. The molecule has 0 aliphatic carbocycles. The second-order valence-corrected chi connectivity index (χ2v) is 6.00. The van der Waals surface area contributed by atoms with Gasteiger partial charge in [-0.15, -0.1) is 0 Å². The maximum absolute atomic E-state index is 12.6. The summed E-state index contributed by atoms with van der Waals surface area (Å²) >= 11 is 0. The molecule has 0 aliphatic rings. The third-order valence-electron chi connectivity index (χ3n) is 3.93. The van der Waals surface area contributed by atoms with E-state index in [4.69, 9.17) is 4.74 Å². The van der Waals surface area contributed by atoms with Crippen molar-refractivity contribution in [2.75, 3.05) is 5.32 Å². The molecule has 0 spiro atoms. The Labute approximate surface area is 157 Å². The van der Waals surface area contributed by atoms with E-state index >= 15 is 0 Å². The van der Waals surface area contributed by atoms with Crippen molar-refractivity contribution in [2.45, 2.75) is 26.3 Å². The Morgan fingerprint density at radius 2 is 1.78 bits per heavy atom. The number of anilines is 1. The summed E-state index contributed by atoms with van der Waals surface area (Å²) in [7, 11) is 0. The third kappa shape index (κ3) is 4.82. The maximum atomic E-state index is 12.6. The van der Waals surface area contributed by atoms with Gasteiger partial charge in [0.1, 0.15) is 11.4 Å². The topological polar surface area (TPSA) is 73.2 Å². The number of nitrogens with one attached hydrogen (secondary N) is 1. The number of carbonyl (C=O) groups is 1. The van der Waals surface area contributed by atoms with Gasteiger partial charge in [0, 0.05) is 12.6 Å². The number of rotatable bonds is 7. The van der Waals surface area contributed by atoms with E-state index in [1.807, 2.05) is 49.4 Å². The Morgan fingerprint density at radius 3 is 2.56 bits per heavy atom. The highest BCUT2D eigenvalue weighted by Crippen LogP contribution is 2.29. The minimum Gasteiger partial charge on any atom is -0.455 e. The van der Waals surface area contributed by atoms with Crippen molar-refractivity contribution in [2.24, 2.45) is 0 Å². The average molecular weight is 363 g/mol. The molecule has 6 nitrogen and oxygen atoms in total. The van der Waals surface area contributed by atoms with E-state index in [1.165, 1.54) is 16.8 Å². The van der Waals surface area contributed by atoms with Crippen LogP contribution in [0.3, 0.4) is 0 Å². The molecule has 0 unspecified atom stereocenters. The van der Waals surface area contributed by atoms with Crippen LogP contribution in [0.1, 0.15) is 30.3 Å². The molecular formula is C21H21N3O3. The number of benzene rings is 2. The van der Waals surface area contributed by atoms with E-state index in [2.05, 4.69) is 10.4 Å². The highest BCUT2D eigenvalue weighted by Gasteiger charge is 2.13. The number of unbranched alkanes of at least 4 members (excludes halogenated alkanes) is 1. The van der Waals surface area contributed by atoms with Crippen molar-refractivity contribution in [1.29, 1.82) is 0 Å². The van der Waals surface area contributed by atoms with Gasteiger partial charge in [-0.1, -0.05) is 43.7 Å². The SMILES string of the molecule is CCCCn1nc(C(=O)Nc2ccccc2Oc2ccccc2)ccc1=O. The van der Waals surface area contributed by atoms with Crippen LogP contribution in [0.25, 0.3) is 0 Å². The number of aryl methyl sites for hydroxylation is 1. The molecule has 6 heteroatoms. The van der Waals surface area contributed by atoms with Gasteiger partial charge in [0.2, 0.25) is 0 Å². The molecule has 1 N–H and O–H groups in total. The largest absolute Gasteiger partial charge is 0.455 e. The first-order chi connectivity index (χ1) is 13.2. The molecule has 0 radical (unpaired) electrons. The van der Waals surface area contributed by atoms with Crippen LogP contribution >= 0.6 is 0 Å². The zero-order valence-corrected chi connectivity index (χ0v) is 15.1. The third-order valence-corrected chi connectivity index (χ3v) is 3.93. The molecule has 27 heavy (non-hydrogen) atoms. The quantitative estimate of drug-likeness (QED) is 0.686. The number of hydrogen-bond donors (Lipinski definition) is 1. The summed E-state index contributed by atoms with van der Waals surface area (Å²) < 4.78 is 7.18. The number of ether oxygens (including phenoxy) is 1. The normalized spacial score (nSPS) is 10.4. The van der Waals surface area contributed by atoms with Gasteiger partial charge in [0.05, 0.1) is 5.69 Å². The lowest BCUT2D eigenvalue weighted by Crippen LogP contribution is -2.26. The summed E-state index contributed by atoms with van der Waals surface area (Å²) in [6, 6.07) is 19.3. The van der Waals surface area contributed by atoms with E-state index in [9.17, 15) is 9.59 Å². The Kier molecular flexibility index (Phi) is 5.99. The Hall–Kier alpha value is -3.41. The monoisotopic (exact) mass is 363 g/mol. The predicted molar refractivity (Wildman–Crippen MR) is 104 cm³/mol. The number of carbonyl (C=O) groups excluding carboxylic acids is 1. The fraction of sp³-hybridized carbons (Fsp3) is 0.190. The molecule has 1 aromatic heterocycles. The van der Waals surface area contributed by atoms with Gasteiger partial charge in [-0.05, 0) is 36.8 Å². The Bertz CT molecular complexity index is 968. The molecule has 0 aliphatic heterocycles. The number of amides is 1. The predicted octanol–water partition coefficient (Wildman–Crippen LogP) is 4.09. The van der Waals surface area contributed by atoms with Gasteiger partial charge in [-0.3, -0.25) is 9.59 Å².